The Hall–Kier alpha value is -2.89. The number of anilines is 3. The second-order valence-electron chi connectivity index (χ2n) is 6.14. The summed E-state index contributed by atoms with van der Waals surface area (Å²) < 4.78 is 10.5. The van der Waals surface area contributed by atoms with Crippen LogP contribution in [0.15, 0.2) is 36.4 Å². The fourth-order valence-electron chi connectivity index (χ4n) is 2.91. The Morgan fingerprint density at radius 2 is 1.74 bits per heavy atom. The van der Waals surface area contributed by atoms with Gasteiger partial charge in [0, 0.05) is 30.5 Å². The largest absolute Gasteiger partial charge is 0.497 e. The van der Waals surface area contributed by atoms with Crippen molar-refractivity contribution in [2.75, 3.05) is 49.4 Å². The first-order valence-corrected chi connectivity index (χ1v) is 9.13. The van der Waals surface area contributed by atoms with Crippen LogP contribution in [-0.4, -0.2) is 39.8 Å². The molecule has 2 rings (SSSR count). The fourth-order valence-corrected chi connectivity index (χ4v) is 2.91. The Kier molecular flexibility index (Phi) is 7.34. The quantitative estimate of drug-likeness (QED) is 0.700. The number of benzene rings is 2. The first-order valence-electron chi connectivity index (χ1n) is 9.13. The molecule has 0 bridgehead atoms. The molecule has 2 aromatic carbocycles. The molecule has 0 aromatic heterocycles. The number of carbonyl (C=O) groups excluding carboxylic acids is 1. The van der Waals surface area contributed by atoms with Gasteiger partial charge >= 0.3 is 0 Å². The molecule has 0 aliphatic heterocycles. The summed E-state index contributed by atoms with van der Waals surface area (Å²) in [5.41, 5.74) is 3.82. The maximum atomic E-state index is 12.4. The van der Waals surface area contributed by atoms with Crippen molar-refractivity contribution in [2.24, 2.45) is 0 Å². The van der Waals surface area contributed by atoms with Gasteiger partial charge < -0.3 is 25.0 Å². The molecule has 0 fully saturated rings. The van der Waals surface area contributed by atoms with Crippen molar-refractivity contribution in [3.05, 3.63) is 42.0 Å². The summed E-state index contributed by atoms with van der Waals surface area (Å²) in [6.45, 7) is 8.41. The molecule has 0 aliphatic carbocycles. The molecular weight excluding hydrogens is 342 g/mol. The number of aryl methyl sites for hydroxylation is 1. The van der Waals surface area contributed by atoms with Gasteiger partial charge in [-0.1, -0.05) is 0 Å². The van der Waals surface area contributed by atoms with Crippen molar-refractivity contribution in [1.29, 1.82) is 0 Å². The van der Waals surface area contributed by atoms with E-state index in [1.54, 1.807) is 32.4 Å². The highest BCUT2D eigenvalue weighted by atomic mass is 16.5. The van der Waals surface area contributed by atoms with E-state index < -0.39 is 0 Å². The predicted molar refractivity (Wildman–Crippen MR) is 111 cm³/mol. The Labute approximate surface area is 161 Å². The van der Waals surface area contributed by atoms with Gasteiger partial charge in [0.25, 0.3) is 0 Å². The Morgan fingerprint density at radius 1 is 1.00 bits per heavy atom. The van der Waals surface area contributed by atoms with Crippen molar-refractivity contribution in [3.8, 4) is 11.5 Å². The highest BCUT2D eigenvalue weighted by Crippen LogP contribution is 2.29. The lowest BCUT2D eigenvalue weighted by atomic mass is 10.1. The summed E-state index contributed by atoms with van der Waals surface area (Å²) in [7, 11) is 3.15. The molecular formula is C21H29N3O3. The third kappa shape index (κ3) is 5.29. The van der Waals surface area contributed by atoms with Crippen LogP contribution in [0.1, 0.15) is 19.4 Å². The second-order valence-corrected chi connectivity index (χ2v) is 6.14. The van der Waals surface area contributed by atoms with Gasteiger partial charge in [0.2, 0.25) is 5.91 Å². The average Bonchev–Trinajstić information content (AvgIpc) is 2.68. The first-order chi connectivity index (χ1) is 13.0. The summed E-state index contributed by atoms with van der Waals surface area (Å²) >= 11 is 0. The Bertz CT molecular complexity index is 773. The summed E-state index contributed by atoms with van der Waals surface area (Å²) in [5, 5.41) is 6.06. The second kappa shape index (κ2) is 9.71. The SMILES string of the molecule is CCN(CC)c1ccc(NCC(=O)Nc2cc(OC)ccc2OC)c(C)c1. The average molecular weight is 371 g/mol. The maximum absolute atomic E-state index is 12.4. The zero-order valence-electron chi connectivity index (χ0n) is 16.8. The predicted octanol–water partition coefficient (Wildman–Crippen LogP) is 3.91. The van der Waals surface area contributed by atoms with Crippen LogP contribution in [0.2, 0.25) is 0 Å². The van der Waals surface area contributed by atoms with Gasteiger partial charge in [0.05, 0.1) is 26.5 Å². The third-order valence-electron chi connectivity index (χ3n) is 4.46. The summed E-state index contributed by atoms with van der Waals surface area (Å²) in [5.74, 6) is 1.08. The molecule has 6 heteroatoms. The molecule has 0 heterocycles. The third-order valence-corrected chi connectivity index (χ3v) is 4.46. The smallest absolute Gasteiger partial charge is 0.243 e. The molecule has 2 N–H and O–H groups in total. The van der Waals surface area contributed by atoms with Crippen molar-refractivity contribution < 1.29 is 14.3 Å². The normalized spacial score (nSPS) is 10.3. The number of nitrogens with zero attached hydrogens (tertiary/aromatic N) is 1. The van der Waals surface area contributed by atoms with Gasteiger partial charge in [-0.15, -0.1) is 0 Å². The number of ether oxygens (including phenoxy) is 2. The van der Waals surface area contributed by atoms with Crippen LogP contribution in [-0.2, 0) is 4.79 Å². The van der Waals surface area contributed by atoms with Crippen molar-refractivity contribution >= 4 is 23.0 Å². The summed E-state index contributed by atoms with van der Waals surface area (Å²) in [4.78, 5) is 14.6. The van der Waals surface area contributed by atoms with Gasteiger partial charge in [0.15, 0.2) is 0 Å². The van der Waals surface area contributed by atoms with Gasteiger partial charge in [-0.2, -0.15) is 0 Å². The molecule has 0 unspecified atom stereocenters. The molecule has 0 saturated carbocycles. The lowest BCUT2D eigenvalue weighted by Gasteiger charge is -2.22. The molecule has 0 saturated heterocycles. The monoisotopic (exact) mass is 371 g/mol. The topological polar surface area (TPSA) is 62.8 Å². The van der Waals surface area contributed by atoms with E-state index in [1.165, 1.54) is 5.69 Å². The maximum Gasteiger partial charge on any atom is 0.243 e. The molecule has 2 aromatic rings. The van der Waals surface area contributed by atoms with Crippen molar-refractivity contribution in [1.82, 2.24) is 0 Å². The van der Waals surface area contributed by atoms with E-state index in [0.717, 1.165) is 24.3 Å². The molecule has 0 aliphatic rings. The Morgan fingerprint density at radius 3 is 2.33 bits per heavy atom. The molecule has 6 nitrogen and oxygen atoms in total. The fraction of sp³-hybridized carbons (Fsp3) is 0.381. The minimum absolute atomic E-state index is 0.159. The molecule has 27 heavy (non-hydrogen) atoms. The van der Waals surface area contributed by atoms with Gasteiger partial charge in [0.1, 0.15) is 11.5 Å². The Balaban J connectivity index is 2.02. The number of rotatable bonds is 9. The van der Waals surface area contributed by atoms with E-state index in [0.29, 0.717) is 17.2 Å². The number of hydrogen-bond donors (Lipinski definition) is 2. The van der Waals surface area contributed by atoms with Crippen LogP contribution in [0.5, 0.6) is 11.5 Å². The van der Waals surface area contributed by atoms with E-state index in [9.17, 15) is 4.79 Å². The highest BCUT2D eigenvalue weighted by Gasteiger charge is 2.10. The molecule has 1 amide bonds. The highest BCUT2D eigenvalue weighted by molar-refractivity contribution is 5.95. The molecule has 0 atom stereocenters. The van der Waals surface area contributed by atoms with Gasteiger partial charge in [-0.25, -0.2) is 0 Å². The van der Waals surface area contributed by atoms with Crippen LogP contribution in [0, 0.1) is 6.92 Å². The molecule has 0 spiro atoms. The van der Waals surface area contributed by atoms with Crippen LogP contribution in [0.3, 0.4) is 0 Å². The number of carbonyl (C=O) groups is 1. The van der Waals surface area contributed by atoms with Crippen molar-refractivity contribution in [3.63, 3.8) is 0 Å². The van der Waals surface area contributed by atoms with Crippen LogP contribution in [0.4, 0.5) is 17.1 Å². The minimum atomic E-state index is -0.159. The molecule has 146 valence electrons. The van der Waals surface area contributed by atoms with E-state index in [1.807, 2.05) is 13.0 Å². The number of hydrogen-bond acceptors (Lipinski definition) is 5. The van der Waals surface area contributed by atoms with E-state index in [-0.39, 0.29) is 12.5 Å². The zero-order chi connectivity index (χ0) is 19.8. The van der Waals surface area contributed by atoms with Crippen LogP contribution in [0.25, 0.3) is 0 Å². The van der Waals surface area contributed by atoms with Gasteiger partial charge in [-0.3, -0.25) is 4.79 Å². The van der Waals surface area contributed by atoms with E-state index in [4.69, 9.17) is 9.47 Å². The van der Waals surface area contributed by atoms with Crippen LogP contribution < -0.4 is 25.0 Å². The number of nitrogens with one attached hydrogen (secondary N) is 2. The summed E-state index contributed by atoms with van der Waals surface area (Å²) in [6.07, 6.45) is 0. The van der Waals surface area contributed by atoms with Gasteiger partial charge in [-0.05, 0) is 56.7 Å². The van der Waals surface area contributed by atoms with E-state index >= 15 is 0 Å². The standard InChI is InChI=1S/C21H29N3O3/c1-6-24(7-2)16-8-10-18(15(3)12-16)22-14-21(25)23-19-13-17(26-4)9-11-20(19)27-5/h8-13,22H,6-7,14H2,1-5H3,(H,23,25). The lowest BCUT2D eigenvalue weighted by molar-refractivity contribution is -0.114. The number of methoxy groups -OCH3 is 2. The summed E-state index contributed by atoms with van der Waals surface area (Å²) in [6, 6.07) is 11.5. The lowest BCUT2D eigenvalue weighted by Crippen LogP contribution is -2.23. The zero-order valence-corrected chi connectivity index (χ0v) is 16.8. The van der Waals surface area contributed by atoms with E-state index in [2.05, 4.69) is 41.5 Å². The minimum Gasteiger partial charge on any atom is -0.497 e. The van der Waals surface area contributed by atoms with Crippen LogP contribution >= 0.6 is 0 Å². The number of amides is 1. The molecule has 0 radical (unpaired) electrons. The first kappa shape index (κ1) is 20.4. The van der Waals surface area contributed by atoms with Crippen molar-refractivity contribution in [2.45, 2.75) is 20.8 Å².